The molecule has 0 amide bonds. The smallest absolute Gasteiger partial charge is 0.160 e. The summed E-state index contributed by atoms with van der Waals surface area (Å²) in [6.45, 7) is 2.94. The number of aryl methyl sites for hydroxylation is 1. The van der Waals surface area contributed by atoms with Crippen molar-refractivity contribution in [2.75, 3.05) is 6.54 Å². The standard InChI is InChI=1S/C14H18FN3/c1-10-6-7-12(15)11(9-10)14-17-16-13-5-3-2-4-8-18(13)14/h6-7,9,13,16H,2-5,8H2,1H3. The lowest BCUT2D eigenvalue weighted by Crippen LogP contribution is -2.40. The van der Waals surface area contributed by atoms with Crippen LogP contribution < -0.4 is 5.43 Å². The summed E-state index contributed by atoms with van der Waals surface area (Å²) >= 11 is 0. The minimum absolute atomic E-state index is 0.189. The highest BCUT2D eigenvalue weighted by Crippen LogP contribution is 2.23. The van der Waals surface area contributed by atoms with E-state index in [0.29, 0.717) is 5.56 Å². The lowest BCUT2D eigenvalue weighted by atomic mass is 10.1. The summed E-state index contributed by atoms with van der Waals surface area (Å²) in [5.74, 6) is 0.578. The van der Waals surface area contributed by atoms with E-state index in [1.54, 1.807) is 6.07 Å². The molecule has 0 bridgehead atoms. The first-order valence-corrected chi connectivity index (χ1v) is 6.62. The molecule has 2 aliphatic heterocycles. The van der Waals surface area contributed by atoms with Gasteiger partial charge in [0.2, 0.25) is 0 Å². The van der Waals surface area contributed by atoms with Crippen LogP contribution in [0.3, 0.4) is 0 Å². The highest BCUT2D eigenvalue weighted by atomic mass is 19.1. The average molecular weight is 247 g/mol. The monoisotopic (exact) mass is 247 g/mol. The average Bonchev–Trinajstić information content (AvgIpc) is 2.61. The predicted molar refractivity (Wildman–Crippen MR) is 69.8 cm³/mol. The van der Waals surface area contributed by atoms with Crippen LogP contribution in [0.5, 0.6) is 0 Å². The van der Waals surface area contributed by atoms with E-state index in [-0.39, 0.29) is 12.0 Å². The normalized spacial score (nSPS) is 23.1. The summed E-state index contributed by atoms with van der Waals surface area (Å²) in [7, 11) is 0. The molecule has 1 fully saturated rings. The minimum atomic E-state index is -0.189. The summed E-state index contributed by atoms with van der Waals surface area (Å²) in [5.41, 5.74) is 4.82. The van der Waals surface area contributed by atoms with E-state index in [0.717, 1.165) is 30.8 Å². The summed E-state index contributed by atoms with van der Waals surface area (Å²) < 4.78 is 13.9. The molecule has 1 saturated heterocycles. The molecule has 0 saturated carbocycles. The van der Waals surface area contributed by atoms with Gasteiger partial charge in [0.1, 0.15) is 12.0 Å². The van der Waals surface area contributed by atoms with Crippen molar-refractivity contribution in [1.82, 2.24) is 10.3 Å². The molecule has 4 heteroatoms. The number of benzene rings is 1. The van der Waals surface area contributed by atoms with E-state index in [2.05, 4.69) is 15.4 Å². The van der Waals surface area contributed by atoms with Gasteiger partial charge < -0.3 is 4.90 Å². The van der Waals surface area contributed by atoms with Gasteiger partial charge in [0.05, 0.1) is 5.56 Å². The number of hydrazone groups is 1. The second-order valence-corrected chi connectivity index (χ2v) is 5.11. The topological polar surface area (TPSA) is 27.6 Å². The summed E-state index contributed by atoms with van der Waals surface area (Å²) in [4.78, 5) is 2.21. The van der Waals surface area contributed by atoms with Crippen molar-refractivity contribution >= 4 is 5.84 Å². The fourth-order valence-corrected chi connectivity index (χ4v) is 2.72. The molecule has 18 heavy (non-hydrogen) atoms. The van der Waals surface area contributed by atoms with Gasteiger partial charge in [-0.25, -0.2) is 4.39 Å². The Bertz CT molecular complexity index is 484. The molecule has 0 aliphatic carbocycles. The van der Waals surface area contributed by atoms with Crippen LogP contribution in [0.1, 0.15) is 36.8 Å². The van der Waals surface area contributed by atoms with Crippen LogP contribution in [0.15, 0.2) is 23.3 Å². The largest absolute Gasteiger partial charge is 0.333 e. The van der Waals surface area contributed by atoms with E-state index in [9.17, 15) is 4.39 Å². The van der Waals surface area contributed by atoms with Crippen LogP contribution in [0.2, 0.25) is 0 Å². The Labute approximate surface area is 107 Å². The zero-order chi connectivity index (χ0) is 12.5. The molecule has 2 aliphatic rings. The minimum Gasteiger partial charge on any atom is -0.333 e. The number of halogens is 1. The molecule has 1 unspecified atom stereocenters. The molecule has 1 aromatic carbocycles. The first-order valence-electron chi connectivity index (χ1n) is 6.62. The third-order valence-corrected chi connectivity index (χ3v) is 3.71. The van der Waals surface area contributed by atoms with Gasteiger partial charge >= 0.3 is 0 Å². The van der Waals surface area contributed by atoms with Gasteiger partial charge in [-0.2, -0.15) is 5.10 Å². The number of nitrogens with zero attached hydrogens (tertiary/aromatic N) is 2. The molecule has 96 valence electrons. The first kappa shape index (κ1) is 11.5. The maximum absolute atomic E-state index is 13.9. The molecule has 1 aromatic rings. The maximum atomic E-state index is 13.9. The number of amidine groups is 1. The maximum Gasteiger partial charge on any atom is 0.160 e. The Hall–Kier alpha value is -1.58. The number of hydrogen-bond acceptors (Lipinski definition) is 3. The zero-order valence-electron chi connectivity index (χ0n) is 10.6. The van der Waals surface area contributed by atoms with Crippen molar-refractivity contribution in [1.29, 1.82) is 0 Å². The van der Waals surface area contributed by atoms with Gasteiger partial charge in [0, 0.05) is 6.54 Å². The van der Waals surface area contributed by atoms with Gasteiger partial charge in [-0.1, -0.05) is 18.1 Å². The Morgan fingerprint density at radius 3 is 3.11 bits per heavy atom. The molecule has 1 atom stereocenters. The fourth-order valence-electron chi connectivity index (χ4n) is 2.72. The number of rotatable bonds is 1. The molecular weight excluding hydrogens is 229 g/mol. The second-order valence-electron chi connectivity index (χ2n) is 5.11. The molecule has 0 spiro atoms. The van der Waals surface area contributed by atoms with Gasteiger partial charge in [-0.05, 0) is 38.3 Å². The SMILES string of the molecule is Cc1ccc(F)c(C2=NNC3CCCCCN23)c1. The Kier molecular flexibility index (Phi) is 2.94. The van der Waals surface area contributed by atoms with Crippen LogP contribution in [0.4, 0.5) is 4.39 Å². The number of nitrogens with one attached hydrogen (secondary N) is 1. The van der Waals surface area contributed by atoms with Gasteiger partial charge in [-0.3, -0.25) is 5.43 Å². The summed E-state index contributed by atoms with van der Waals surface area (Å²) in [6, 6.07) is 5.20. The molecule has 1 N–H and O–H groups in total. The van der Waals surface area contributed by atoms with E-state index < -0.39 is 0 Å². The van der Waals surface area contributed by atoms with E-state index in [4.69, 9.17) is 0 Å². The van der Waals surface area contributed by atoms with Crippen molar-refractivity contribution < 1.29 is 4.39 Å². The van der Waals surface area contributed by atoms with Gasteiger partial charge in [0.15, 0.2) is 5.84 Å². The molecular formula is C14H18FN3. The third-order valence-electron chi connectivity index (χ3n) is 3.71. The Morgan fingerprint density at radius 1 is 1.33 bits per heavy atom. The number of fused-ring (bicyclic) bond motifs is 1. The Balaban J connectivity index is 1.94. The highest BCUT2D eigenvalue weighted by molar-refractivity contribution is 6.00. The predicted octanol–water partition coefficient (Wildman–Crippen LogP) is 2.60. The van der Waals surface area contributed by atoms with Crippen molar-refractivity contribution in [3.8, 4) is 0 Å². The van der Waals surface area contributed by atoms with Crippen molar-refractivity contribution in [3.05, 3.63) is 35.1 Å². The van der Waals surface area contributed by atoms with Crippen molar-refractivity contribution in [3.63, 3.8) is 0 Å². The molecule has 0 radical (unpaired) electrons. The molecule has 2 heterocycles. The third kappa shape index (κ3) is 1.96. The first-order chi connectivity index (χ1) is 8.75. The molecule has 3 rings (SSSR count). The summed E-state index contributed by atoms with van der Waals surface area (Å²) in [5, 5.41) is 4.35. The van der Waals surface area contributed by atoms with Crippen molar-refractivity contribution in [2.24, 2.45) is 5.10 Å². The van der Waals surface area contributed by atoms with Crippen LogP contribution >= 0.6 is 0 Å². The van der Waals surface area contributed by atoms with Crippen molar-refractivity contribution in [2.45, 2.75) is 38.8 Å². The summed E-state index contributed by atoms with van der Waals surface area (Å²) in [6.07, 6.45) is 4.96. The van der Waals surface area contributed by atoms with Crippen LogP contribution in [-0.2, 0) is 0 Å². The van der Waals surface area contributed by atoms with E-state index in [1.807, 2.05) is 13.0 Å². The molecule has 3 nitrogen and oxygen atoms in total. The van der Waals surface area contributed by atoms with Crippen LogP contribution in [0, 0.1) is 12.7 Å². The van der Waals surface area contributed by atoms with Gasteiger partial charge in [-0.15, -0.1) is 0 Å². The zero-order valence-corrected chi connectivity index (χ0v) is 10.6. The lowest BCUT2D eigenvalue weighted by molar-refractivity contribution is 0.304. The van der Waals surface area contributed by atoms with Crippen LogP contribution in [-0.4, -0.2) is 23.4 Å². The quantitative estimate of drug-likeness (QED) is 0.826. The van der Waals surface area contributed by atoms with E-state index in [1.165, 1.54) is 18.9 Å². The fraction of sp³-hybridized carbons (Fsp3) is 0.500. The highest BCUT2D eigenvalue weighted by Gasteiger charge is 2.30. The van der Waals surface area contributed by atoms with Crippen LogP contribution in [0.25, 0.3) is 0 Å². The lowest BCUT2D eigenvalue weighted by Gasteiger charge is -2.25. The Morgan fingerprint density at radius 2 is 2.22 bits per heavy atom. The second kappa shape index (κ2) is 4.59. The van der Waals surface area contributed by atoms with E-state index >= 15 is 0 Å². The molecule has 0 aromatic heterocycles. The van der Waals surface area contributed by atoms with Gasteiger partial charge in [0.25, 0.3) is 0 Å². The number of hydrogen-bond donors (Lipinski definition) is 1.